The van der Waals surface area contributed by atoms with Gasteiger partial charge < -0.3 is 25.2 Å². The summed E-state index contributed by atoms with van der Waals surface area (Å²) in [5.41, 5.74) is 0.966. The van der Waals surface area contributed by atoms with E-state index in [4.69, 9.17) is 4.74 Å². The maximum absolute atomic E-state index is 11.5. The van der Waals surface area contributed by atoms with Gasteiger partial charge in [-0.2, -0.15) is 0 Å². The van der Waals surface area contributed by atoms with Gasteiger partial charge in [0.1, 0.15) is 17.1 Å². The molecular weight excluding hydrogens is 276 g/mol. The van der Waals surface area contributed by atoms with Crippen molar-refractivity contribution in [1.29, 1.82) is 0 Å². The average molecular weight is 290 g/mol. The molecule has 0 aliphatic carbocycles. The Morgan fingerprint density at radius 1 is 1.00 bits per heavy atom. The smallest absolute Gasteiger partial charge is 0.340 e. The van der Waals surface area contributed by atoms with E-state index < -0.39 is 5.97 Å². The molecule has 0 bridgehead atoms. The monoisotopic (exact) mass is 290 g/mol. The van der Waals surface area contributed by atoms with Crippen LogP contribution in [0.1, 0.15) is 15.9 Å². The zero-order valence-electron chi connectivity index (χ0n) is 11.4. The molecule has 2 aromatic rings. The molecule has 2 rings (SSSR count). The zero-order valence-corrected chi connectivity index (χ0v) is 11.4. The second-order valence-electron chi connectivity index (χ2n) is 4.53. The summed E-state index contributed by atoms with van der Waals surface area (Å²) >= 11 is 0. The Bertz CT molecular complexity index is 721. The summed E-state index contributed by atoms with van der Waals surface area (Å²) in [6.07, 6.45) is 0. The highest BCUT2D eigenvalue weighted by Crippen LogP contribution is 2.40. The molecule has 0 fully saturated rings. The highest BCUT2D eigenvalue weighted by atomic mass is 16.5. The normalized spacial score (nSPS) is 10.4. The lowest BCUT2D eigenvalue weighted by atomic mass is 9.94. The number of carboxylic acid groups (broad SMARTS) is 1. The second-order valence-corrected chi connectivity index (χ2v) is 4.53. The van der Waals surface area contributed by atoms with Crippen LogP contribution in [0.4, 0.5) is 0 Å². The van der Waals surface area contributed by atoms with Crippen LogP contribution in [0.15, 0.2) is 24.3 Å². The van der Waals surface area contributed by atoms with Crippen molar-refractivity contribution in [3.05, 3.63) is 35.4 Å². The minimum atomic E-state index is -1.23. The largest absolute Gasteiger partial charge is 0.508 e. The Labute approximate surface area is 120 Å². The van der Waals surface area contributed by atoms with E-state index >= 15 is 0 Å². The number of benzene rings is 2. The number of phenolic OH excluding ortho intramolecular Hbond substituents is 3. The number of aromatic hydroxyl groups is 3. The molecule has 110 valence electrons. The van der Waals surface area contributed by atoms with E-state index in [9.17, 15) is 25.2 Å². The van der Waals surface area contributed by atoms with Crippen LogP contribution in [0.2, 0.25) is 0 Å². The van der Waals surface area contributed by atoms with E-state index in [0.29, 0.717) is 11.1 Å². The fraction of sp³-hybridized carbons (Fsp3) is 0.133. The fourth-order valence-electron chi connectivity index (χ4n) is 2.17. The van der Waals surface area contributed by atoms with Crippen molar-refractivity contribution in [3.63, 3.8) is 0 Å². The highest BCUT2D eigenvalue weighted by Gasteiger charge is 2.21. The molecular formula is C15H14O6. The van der Waals surface area contributed by atoms with Crippen molar-refractivity contribution in [2.75, 3.05) is 7.11 Å². The first kappa shape index (κ1) is 14.5. The van der Waals surface area contributed by atoms with Gasteiger partial charge in [-0.3, -0.25) is 0 Å². The van der Waals surface area contributed by atoms with E-state index in [1.807, 2.05) is 0 Å². The number of phenols is 3. The van der Waals surface area contributed by atoms with E-state index in [2.05, 4.69) is 0 Å². The summed E-state index contributed by atoms with van der Waals surface area (Å²) in [7, 11) is 1.30. The predicted octanol–water partition coefficient (Wildman–Crippen LogP) is 2.49. The van der Waals surface area contributed by atoms with E-state index in [-0.39, 0.29) is 34.1 Å². The van der Waals surface area contributed by atoms with Crippen molar-refractivity contribution in [3.8, 4) is 34.1 Å². The van der Waals surface area contributed by atoms with E-state index in [1.54, 1.807) is 6.92 Å². The van der Waals surface area contributed by atoms with Crippen molar-refractivity contribution in [2.24, 2.45) is 0 Å². The molecule has 0 amide bonds. The van der Waals surface area contributed by atoms with Crippen LogP contribution < -0.4 is 4.74 Å². The first-order chi connectivity index (χ1) is 9.85. The number of ether oxygens (including phenoxy) is 1. The maximum Gasteiger partial charge on any atom is 0.340 e. The molecule has 0 heterocycles. The van der Waals surface area contributed by atoms with E-state index in [0.717, 1.165) is 0 Å². The second kappa shape index (κ2) is 5.24. The van der Waals surface area contributed by atoms with Gasteiger partial charge in [0.25, 0.3) is 0 Å². The fourth-order valence-corrected chi connectivity index (χ4v) is 2.17. The Morgan fingerprint density at radius 3 is 2.19 bits per heavy atom. The zero-order chi connectivity index (χ0) is 15.7. The third-order valence-corrected chi connectivity index (χ3v) is 3.13. The third-order valence-electron chi connectivity index (χ3n) is 3.13. The first-order valence-electron chi connectivity index (χ1n) is 6.02. The van der Waals surface area contributed by atoms with Crippen LogP contribution in [0.25, 0.3) is 11.1 Å². The van der Waals surface area contributed by atoms with Crippen LogP contribution in [0.3, 0.4) is 0 Å². The molecule has 6 nitrogen and oxygen atoms in total. The number of carbonyl (C=O) groups is 1. The Balaban J connectivity index is 2.83. The van der Waals surface area contributed by atoms with Crippen molar-refractivity contribution in [2.45, 2.75) is 6.92 Å². The maximum atomic E-state index is 11.5. The van der Waals surface area contributed by atoms with Crippen LogP contribution in [0, 0.1) is 6.92 Å². The Kier molecular flexibility index (Phi) is 3.62. The molecule has 21 heavy (non-hydrogen) atoms. The van der Waals surface area contributed by atoms with Crippen molar-refractivity contribution >= 4 is 5.97 Å². The molecule has 0 saturated heterocycles. The number of aryl methyl sites for hydroxylation is 1. The van der Waals surface area contributed by atoms with Crippen LogP contribution in [0.5, 0.6) is 23.0 Å². The highest BCUT2D eigenvalue weighted by molar-refractivity contribution is 6.00. The molecule has 4 N–H and O–H groups in total. The molecule has 0 radical (unpaired) electrons. The van der Waals surface area contributed by atoms with Crippen LogP contribution in [-0.4, -0.2) is 33.5 Å². The summed E-state index contributed by atoms with van der Waals surface area (Å²) in [6, 6.07) is 5.02. The number of aromatic carboxylic acids is 1. The van der Waals surface area contributed by atoms with E-state index in [1.165, 1.54) is 31.4 Å². The number of carboxylic acids is 1. The van der Waals surface area contributed by atoms with Gasteiger partial charge in [0.2, 0.25) is 0 Å². The third kappa shape index (κ3) is 2.55. The molecule has 0 saturated carbocycles. The van der Waals surface area contributed by atoms with Crippen LogP contribution >= 0.6 is 0 Å². The SMILES string of the molecule is COc1cc(O)cc(-c2cc(O)c(O)cc2C)c1C(=O)O. The predicted molar refractivity (Wildman–Crippen MR) is 75.1 cm³/mol. The Morgan fingerprint density at radius 2 is 1.62 bits per heavy atom. The molecule has 0 aromatic heterocycles. The molecule has 0 unspecified atom stereocenters. The number of methoxy groups -OCH3 is 1. The number of hydrogen-bond donors (Lipinski definition) is 4. The van der Waals surface area contributed by atoms with Crippen molar-refractivity contribution < 1.29 is 30.0 Å². The van der Waals surface area contributed by atoms with Gasteiger partial charge in [-0.25, -0.2) is 4.79 Å². The lowest BCUT2D eigenvalue weighted by Crippen LogP contribution is -2.04. The first-order valence-corrected chi connectivity index (χ1v) is 6.02. The molecule has 0 atom stereocenters. The lowest BCUT2D eigenvalue weighted by molar-refractivity contribution is 0.0694. The quantitative estimate of drug-likeness (QED) is 0.647. The summed E-state index contributed by atoms with van der Waals surface area (Å²) in [5, 5.41) is 38.2. The van der Waals surface area contributed by atoms with Gasteiger partial charge in [-0.05, 0) is 36.2 Å². The van der Waals surface area contributed by atoms with Gasteiger partial charge in [0, 0.05) is 11.6 Å². The number of hydrogen-bond acceptors (Lipinski definition) is 5. The summed E-state index contributed by atoms with van der Waals surface area (Å²) < 4.78 is 4.99. The summed E-state index contributed by atoms with van der Waals surface area (Å²) in [4.78, 5) is 11.5. The van der Waals surface area contributed by atoms with Crippen molar-refractivity contribution in [1.82, 2.24) is 0 Å². The molecule has 0 spiro atoms. The summed E-state index contributed by atoms with van der Waals surface area (Å²) in [6.45, 7) is 1.65. The van der Waals surface area contributed by atoms with Gasteiger partial charge in [-0.15, -0.1) is 0 Å². The van der Waals surface area contributed by atoms with Gasteiger partial charge in [0.05, 0.1) is 7.11 Å². The minimum absolute atomic E-state index is 0.00413. The Hall–Kier alpha value is -2.89. The molecule has 6 heteroatoms. The van der Waals surface area contributed by atoms with Gasteiger partial charge in [0.15, 0.2) is 11.5 Å². The topological polar surface area (TPSA) is 107 Å². The summed E-state index contributed by atoms with van der Waals surface area (Å²) in [5.74, 6) is -2.08. The average Bonchev–Trinajstić information content (AvgIpc) is 2.41. The molecule has 2 aromatic carbocycles. The van der Waals surface area contributed by atoms with Gasteiger partial charge >= 0.3 is 5.97 Å². The minimum Gasteiger partial charge on any atom is -0.508 e. The molecule has 0 aliphatic rings. The molecule has 0 aliphatic heterocycles. The standard InChI is InChI=1S/C15H14O6/c1-7-3-11(17)12(18)6-9(7)10-4-8(16)5-13(21-2)14(10)15(19)20/h3-6,16-18H,1-2H3,(H,19,20). The van der Waals surface area contributed by atoms with Gasteiger partial charge in [-0.1, -0.05) is 0 Å². The van der Waals surface area contributed by atoms with Crippen LogP contribution in [-0.2, 0) is 0 Å². The number of rotatable bonds is 3. The lowest BCUT2D eigenvalue weighted by Gasteiger charge is -2.14.